The second-order valence-electron chi connectivity index (χ2n) is 5.18. The largest absolute Gasteiger partial charge is 0.359 e. The van der Waals surface area contributed by atoms with Gasteiger partial charge in [0.1, 0.15) is 11.6 Å². The molecule has 0 saturated carbocycles. The summed E-state index contributed by atoms with van der Waals surface area (Å²) in [5.41, 5.74) is 1.43. The topological polar surface area (TPSA) is 119 Å². The standard InChI is InChI=1S/C17H11Cl2N7O/c18-12-6-13(19)15(22-17(27)10-4-2-1-3-5-10)7-14(12)21-9-11(8-20)16-23-25-26-24-16/h1-7,9,21H,(H,22,27)(H,23,24,25,26). The van der Waals surface area contributed by atoms with Gasteiger partial charge < -0.3 is 10.6 Å². The highest BCUT2D eigenvalue weighted by Gasteiger charge is 2.12. The maximum atomic E-state index is 12.3. The minimum Gasteiger partial charge on any atom is -0.359 e. The molecule has 3 rings (SSSR count). The van der Waals surface area contributed by atoms with E-state index in [1.807, 2.05) is 12.1 Å². The molecule has 0 bridgehead atoms. The Balaban J connectivity index is 1.84. The molecule has 2 aromatic carbocycles. The lowest BCUT2D eigenvalue weighted by Crippen LogP contribution is -2.12. The second kappa shape index (κ2) is 8.31. The van der Waals surface area contributed by atoms with Crippen LogP contribution in [0, 0.1) is 11.3 Å². The number of benzene rings is 2. The monoisotopic (exact) mass is 399 g/mol. The van der Waals surface area contributed by atoms with E-state index in [0.29, 0.717) is 22.0 Å². The molecule has 0 aliphatic rings. The molecule has 134 valence electrons. The van der Waals surface area contributed by atoms with Crippen LogP contribution < -0.4 is 10.6 Å². The smallest absolute Gasteiger partial charge is 0.255 e. The fraction of sp³-hybridized carbons (Fsp3) is 0. The zero-order valence-electron chi connectivity index (χ0n) is 13.6. The van der Waals surface area contributed by atoms with Crippen molar-refractivity contribution in [3.05, 3.63) is 70.1 Å². The summed E-state index contributed by atoms with van der Waals surface area (Å²) in [6.45, 7) is 0. The molecule has 0 aliphatic carbocycles. The maximum absolute atomic E-state index is 12.3. The number of rotatable bonds is 5. The molecule has 1 amide bonds. The lowest BCUT2D eigenvalue weighted by Gasteiger charge is -2.11. The fourth-order valence-corrected chi connectivity index (χ4v) is 2.60. The second-order valence-corrected chi connectivity index (χ2v) is 6.00. The lowest BCUT2D eigenvalue weighted by atomic mass is 10.2. The van der Waals surface area contributed by atoms with Gasteiger partial charge in [0.05, 0.1) is 21.4 Å². The van der Waals surface area contributed by atoms with Crippen LogP contribution in [0.2, 0.25) is 10.0 Å². The first kappa shape index (κ1) is 18.4. The van der Waals surface area contributed by atoms with Crippen LogP contribution in [0.25, 0.3) is 5.57 Å². The highest BCUT2D eigenvalue weighted by Crippen LogP contribution is 2.33. The van der Waals surface area contributed by atoms with E-state index in [9.17, 15) is 10.1 Å². The van der Waals surface area contributed by atoms with Crippen molar-refractivity contribution in [2.45, 2.75) is 0 Å². The molecule has 27 heavy (non-hydrogen) atoms. The van der Waals surface area contributed by atoms with E-state index in [0.717, 1.165) is 0 Å². The average molecular weight is 400 g/mol. The van der Waals surface area contributed by atoms with Gasteiger partial charge in [0.2, 0.25) is 5.82 Å². The highest BCUT2D eigenvalue weighted by molar-refractivity contribution is 6.38. The third-order valence-corrected chi connectivity index (χ3v) is 4.05. The summed E-state index contributed by atoms with van der Waals surface area (Å²) in [4.78, 5) is 12.3. The average Bonchev–Trinajstić information content (AvgIpc) is 3.20. The summed E-state index contributed by atoms with van der Waals surface area (Å²) in [6.07, 6.45) is 1.38. The molecule has 0 spiro atoms. The highest BCUT2D eigenvalue weighted by atomic mass is 35.5. The Kier molecular flexibility index (Phi) is 5.66. The third-order valence-electron chi connectivity index (χ3n) is 3.42. The fourth-order valence-electron chi connectivity index (χ4n) is 2.11. The Morgan fingerprint density at radius 1 is 1.15 bits per heavy atom. The number of allylic oxidation sites excluding steroid dienone is 1. The number of nitriles is 1. The maximum Gasteiger partial charge on any atom is 0.255 e. The molecule has 1 aromatic heterocycles. The molecule has 0 atom stereocenters. The van der Waals surface area contributed by atoms with Crippen LogP contribution in [0.5, 0.6) is 0 Å². The number of carbonyl (C=O) groups is 1. The number of hydrogen-bond acceptors (Lipinski definition) is 6. The van der Waals surface area contributed by atoms with Crippen LogP contribution in [-0.4, -0.2) is 26.5 Å². The molecule has 0 saturated heterocycles. The van der Waals surface area contributed by atoms with Crippen molar-refractivity contribution in [2.75, 3.05) is 10.6 Å². The predicted octanol–water partition coefficient (Wildman–Crippen LogP) is 3.74. The van der Waals surface area contributed by atoms with Gasteiger partial charge in [0, 0.05) is 11.8 Å². The first-order valence-electron chi connectivity index (χ1n) is 7.54. The molecule has 3 N–H and O–H groups in total. The molecule has 10 heteroatoms. The van der Waals surface area contributed by atoms with E-state index >= 15 is 0 Å². The number of tetrazole rings is 1. The molecule has 0 aliphatic heterocycles. The number of halogens is 2. The number of aromatic amines is 1. The Morgan fingerprint density at radius 2 is 1.89 bits per heavy atom. The molecular weight excluding hydrogens is 389 g/mol. The normalized spacial score (nSPS) is 10.9. The first-order valence-corrected chi connectivity index (χ1v) is 8.30. The lowest BCUT2D eigenvalue weighted by molar-refractivity contribution is 0.102. The molecular formula is C17H11Cl2N7O. The van der Waals surface area contributed by atoms with Crippen LogP contribution in [0.4, 0.5) is 11.4 Å². The van der Waals surface area contributed by atoms with Crippen molar-refractivity contribution in [3.8, 4) is 6.07 Å². The van der Waals surface area contributed by atoms with Crippen molar-refractivity contribution in [3.63, 3.8) is 0 Å². The number of H-pyrrole nitrogens is 1. The SMILES string of the molecule is N#CC(=CNc1cc(NC(=O)c2ccccc2)c(Cl)cc1Cl)c1nn[nH]n1. The van der Waals surface area contributed by atoms with Crippen LogP contribution in [0.3, 0.4) is 0 Å². The van der Waals surface area contributed by atoms with E-state index < -0.39 is 0 Å². The minimum atomic E-state index is -0.314. The molecule has 1 heterocycles. The Morgan fingerprint density at radius 3 is 2.56 bits per heavy atom. The summed E-state index contributed by atoms with van der Waals surface area (Å²) in [5.74, 6) is -0.182. The molecule has 0 fully saturated rings. The number of anilines is 2. The van der Waals surface area contributed by atoms with Gasteiger partial charge in [-0.2, -0.15) is 10.5 Å². The molecule has 0 radical (unpaired) electrons. The van der Waals surface area contributed by atoms with Gasteiger partial charge in [-0.3, -0.25) is 4.79 Å². The van der Waals surface area contributed by atoms with E-state index in [1.165, 1.54) is 12.3 Å². The summed E-state index contributed by atoms with van der Waals surface area (Å²) in [5, 5.41) is 28.5. The van der Waals surface area contributed by atoms with Gasteiger partial charge >= 0.3 is 0 Å². The van der Waals surface area contributed by atoms with Crippen molar-refractivity contribution >= 4 is 46.1 Å². The molecule has 3 aromatic rings. The van der Waals surface area contributed by atoms with Crippen molar-refractivity contribution in [2.24, 2.45) is 0 Å². The van der Waals surface area contributed by atoms with Gasteiger partial charge in [-0.1, -0.05) is 41.4 Å². The van der Waals surface area contributed by atoms with Crippen molar-refractivity contribution < 1.29 is 4.79 Å². The van der Waals surface area contributed by atoms with Crippen LogP contribution >= 0.6 is 23.2 Å². The molecule has 8 nitrogen and oxygen atoms in total. The summed E-state index contributed by atoms with van der Waals surface area (Å²) < 4.78 is 0. The summed E-state index contributed by atoms with van der Waals surface area (Å²) in [7, 11) is 0. The number of amides is 1. The molecule has 0 unspecified atom stereocenters. The third kappa shape index (κ3) is 4.41. The summed E-state index contributed by atoms with van der Waals surface area (Å²) in [6, 6.07) is 13.7. The van der Waals surface area contributed by atoms with Crippen LogP contribution in [-0.2, 0) is 0 Å². The zero-order valence-corrected chi connectivity index (χ0v) is 15.1. The minimum absolute atomic E-state index is 0.132. The quantitative estimate of drug-likeness (QED) is 0.562. The number of carbonyl (C=O) groups excluding carboxylic acids is 1. The van der Waals surface area contributed by atoms with E-state index in [-0.39, 0.29) is 22.3 Å². The van der Waals surface area contributed by atoms with Crippen molar-refractivity contribution in [1.29, 1.82) is 5.26 Å². The van der Waals surface area contributed by atoms with Crippen LogP contribution in [0.1, 0.15) is 16.2 Å². The van der Waals surface area contributed by atoms with Crippen LogP contribution in [0.15, 0.2) is 48.7 Å². The Hall–Kier alpha value is -3.41. The van der Waals surface area contributed by atoms with Gasteiger partial charge in [0.25, 0.3) is 5.91 Å². The number of hydrogen-bond donors (Lipinski definition) is 3. The number of nitrogens with zero attached hydrogens (tertiary/aromatic N) is 4. The van der Waals surface area contributed by atoms with Gasteiger partial charge in [-0.25, -0.2) is 0 Å². The number of nitrogens with one attached hydrogen (secondary N) is 3. The summed E-state index contributed by atoms with van der Waals surface area (Å²) >= 11 is 12.4. The Labute approximate surface area is 163 Å². The van der Waals surface area contributed by atoms with E-state index in [2.05, 4.69) is 31.3 Å². The van der Waals surface area contributed by atoms with Gasteiger partial charge in [-0.15, -0.1) is 10.2 Å². The zero-order chi connectivity index (χ0) is 19.2. The van der Waals surface area contributed by atoms with Gasteiger partial charge in [-0.05, 0) is 29.5 Å². The van der Waals surface area contributed by atoms with Gasteiger partial charge in [0.15, 0.2) is 0 Å². The first-order chi connectivity index (χ1) is 13.1. The Bertz CT molecular complexity index is 1030. The van der Waals surface area contributed by atoms with Crippen molar-refractivity contribution in [1.82, 2.24) is 20.6 Å². The van der Waals surface area contributed by atoms with E-state index in [4.69, 9.17) is 23.2 Å². The predicted molar refractivity (Wildman–Crippen MR) is 102 cm³/mol. The van der Waals surface area contributed by atoms with E-state index in [1.54, 1.807) is 30.3 Å². The number of aromatic nitrogens is 4.